The molecule has 0 spiro atoms. The summed E-state index contributed by atoms with van der Waals surface area (Å²) in [4.78, 5) is 1.63. The SMILES string of the molecule is COc1ccc(F)cc1C(C)(C)CC(O)(CN1CCc2ccccc2C1)C(F)(F)F. The highest BCUT2D eigenvalue weighted by molar-refractivity contribution is 5.40. The van der Waals surface area contributed by atoms with Crippen molar-refractivity contribution in [3.63, 3.8) is 0 Å². The van der Waals surface area contributed by atoms with Crippen LogP contribution in [0.4, 0.5) is 17.6 Å². The Balaban J connectivity index is 1.88. The Bertz CT molecular complexity index is 897. The van der Waals surface area contributed by atoms with Crippen LogP contribution in [-0.2, 0) is 18.4 Å². The van der Waals surface area contributed by atoms with Crippen LogP contribution in [-0.4, -0.2) is 42.0 Å². The van der Waals surface area contributed by atoms with E-state index in [0.717, 1.165) is 11.1 Å². The molecule has 1 unspecified atom stereocenters. The molecule has 0 bridgehead atoms. The Morgan fingerprint density at radius 2 is 1.73 bits per heavy atom. The van der Waals surface area contributed by atoms with Crippen molar-refractivity contribution in [2.75, 3.05) is 20.2 Å². The molecule has 3 nitrogen and oxygen atoms in total. The van der Waals surface area contributed by atoms with Crippen molar-refractivity contribution in [1.29, 1.82) is 0 Å². The van der Waals surface area contributed by atoms with Gasteiger partial charge in [-0.2, -0.15) is 13.2 Å². The molecule has 1 heterocycles. The van der Waals surface area contributed by atoms with Gasteiger partial charge in [0, 0.05) is 25.2 Å². The van der Waals surface area contributed by atoms with Gasteiger partial charge in [0.2, 0.25) is 0 Å². The minimum Gasteiger partial charge on any atom is -0.496 e. The molecular weight excluding hydrogens is 398 g/mol. The Labute approximate surface area is 174 Å². The van der Waals surface area contributed by atoms with Crippen molar-refractivity contribution in [2.24, 2.45) is 0 Å². The summed E-state index contributed by atoms with van der Waals surface area (Å²) in [6, 6.07) is 11.4. The van der Waals surface area contributed by atoms with Crippen LogP contribution in [0.25, 0.3) is 0 Å². The summed E-state index contributed by atoms with van der Waals surface area (Å²) in [5, 5.41) is 10.9. The van der Waals surface area contributed by atoms with E-state index in [-0.39, 0.29) is 11.3 Å². The summed E-state index contributed by atoms with van der Waals surface area (Å²) < 4.78 is 61.3. The largest absolute Gasteiger partial charge is 0.496 e. The maximum Gasteiger partial charge on any atom is 0.418 e. The van der Waals surface area contributed by atoms with Gasteiger partial charge in [-0.1, -0.05) is 38.1 Å². The van der Waals surface area contributed by atoms with Crippen LogP contribution < -0.4 is 4.74 Å². The molecule has 30 heavy (non-hydrogen) atoms. The van der Waals surface area contributed by atoms with Crippen LogP contribution in [0.15, 0.2) is 42.5 Å². The standard InChI is InChI=1S/C23H27F4NO2/c1-21(2,19-12-18(24)8-9-20(19)30-3)14-22(29,23(25,26)27)15-28-11-10-16-6-4-5-7-17(16)13-28/h4-9,12,29H,10-11,13-15H2,1-3H3. The van der Waals surface area contributed by atoms with E-state index in [1.54, 1.807) is 18.7 Å². The van der Waals surface area contributed by atoms with Crippen LogP contribution in [0.3, 0.4) is 0 Å². The third-order valence-corrected chi connectivity index (χ3v) is 5.85. The minimum atomic E-state index is -4.85. The fraction of sp³-hybridized carbons (Fsp3) is 0.478. The number of nitrogens with zero attached hydrogens (tertiary/aromatic N) is 1. The van der Waals surface area contributed by atoms with E-state index in [0.29, 0.717) is 19.5 Å². The van der Waals surface area contributed by atoms with E-state index in [1.165, 1.54) is 25.3 Å². The van der Waals surface area contributed by atoms with Crippen LogP contribution in [0.5, 0.6) is 5.75 Å². The van der Waals surface area contributed by atoms with Crippen LogP contribution in [0.1, 0.15) is 37.0 Å². The first-order valence-corrected chi connectivity index (χ1v) is 9.87. The van der Waals surface area contributed by atoms with Crippen molar-refractivity contribution in [1.82, 2.24) is 4.90 Å². The van der Waals surface area contributed by atoms with Crippen LogP contribution in [0.2, 0.25) is 0 Å². The monoisotopic (exact) mass is 425 g/mol. The average molecular weight is 425 g/mol. The quantitative estimate of drug-likeness (QED) is 0.672. The number of methoxy groups -OCH3 is 1. The van der Waals surface area contributed by atoms with Crippen molar-refractivity contribution in [3.8, 4) is 5.75 Å². The third-order valence-electron chi connectivity index (χ3n) is 5.85. The number of aliphatic hydroxyl groups is 1. The lowest BCUT2D eigenvalue weighted by atomic mass is 9.74. The molecule has 0 radical (unpaired) electrons. The molecule has 1 aliphatic heterocycles. The van der Waals surface area contributed by atoms with E-state index in [2.05, 4.69) is 0 Å². The summed E-state index contributed by atoms with van der Waals surface area (Å²) in [6.07, 6.45) is -4.84. The molecule has 1 N–H and O–H groups in total. The predicted molar refractivity (Wildman–Crippen MR) is 107 cm³/mol. The summed E-state index contributed by atoms with van der Waals surface area (Å²) in [6.45, 7) is 3.35. The van der Waals surface area contributed by atoms with Gasteiger partial charge in [0.05, 0.1) is 7.11 Å². The van der Waals surface area contributed by atoms with Crippen molar-refractivity contribution in [3.05, 3.63) is 65.0 Å². The topological polar surface area (TPSA) is 32.7 Å². The Morgan fingerprint density at radius 1 is 1.07 bits per heavy atom. The van der Waals surface area contributed by atoms with Crippen LogP contribution in [0, 0.1) is 5.82 Å². The van der Waals surface area contributed by atoms with Gasteiger partial charge in [0.1, 0.15) is 11.6 Å². The van der Waals surface area contributed by atoms with Crippen molar-refractivity contribution < 1.29 is 27.4 Å². The molecule has 0 saturated heterocycles. The highest BCUT2D eigenvalue weighted by Crippen LogP contribution is 2.44. The average Bonchev–Trinajstić information content (AvgIpc) is 2.66. The molecule has 7 heteroatoms. The number of fused-ring (bicyclic) bond motifs is 1. The molecule has 2 aromatic rings. The first kappa shape index (κ1) is 22.6. The molecule has 0 saturated carbocycles. The first-order chi connectivity index (χ1) is 13.9. The first-order valence-electron chi connectivity index (χ1n) is 9.87. The Kier molecular flexibility index (Phi) is 6.16. The summed E-state index contributed by atoms with van der Waals surface area (Å²) >= 11 is 0. The molecule has 3 rings (SSSR count). The number of β-amino-alcohol motifs (C(OH)–C–C–N with tert-alkyl or cyclic N) is 1. The highest BCUT2D eigenvalue weighted by Gasteiger charge is 2.56. The van der Waals surface area contributed by atoms with Gasteiger partial charge < -0.3 is 9.84 Å². The number of alkyl halides is 3. The Morgan fingerprint density at radius 3 is 2.37 bits per heavy atom. The van der Waals surface area contributed by atoms with Crippen molar-refractivity contribution in [2.45, 2.75) is 50.4 Å². The molecule has 0 fully saturated rings. The number of ether oxygens (including phenoxy) is 1. The van der Waals surface area contributed by atoms with E-state index in [1.807, 2.05) is 24.3 Å². The third kappa shape index (κ3) is 4.62. The second-order valence-corrected chi connectivity index (χ2v) is 8.66. The number of rotatable bonds is 6. The molecule has 0 amide bonds. The second-order valence-electron chi connectivity index (χ2n) is 8.66. The lowest BCUT2D eigenvalue weighted by Crippen LogP contribution is -2.56. The molecule has 0 aromatic heterocycles. The predicted octanol–water partition coefficient (Wildman–Crippen LogP) is 4.85. The maximum absolute atomic E-state index is 14.1. The molecule has 1 atom stereocenters. The summed E-state index contributed by atoms with van der Waals surface area (Å²) in [5.74, 6) is -0.278. The lowest BCUT2D eigenvalue weighted by Gasteiger charge is -2.42. The molecular formula is C23H27F4NO2. The number of halogens is 4. The van der Waals surface area contributed by atoms with Crippen LogP contribution >= 0.6 is 0 Å². The zero-order valence-corrected chi connectivity index (χ0v) is 17.4. The Hall–Kier alpha value is -2.12. The fourth-order valence-electron chi connectivity index (χ4n) is 4.34. The normalized spacial score (nSPS) is 17.3. The number of benzene rings is 2. The lowest BCUT2D eigenvalue weighted by molar-refractivity contribution is -0.272. The van der Waals surface area contributed by atoms with E-state index < -0.39 is 36.0 Å². The van der Waals surface area contributed by atoms with E-state index >= 15 is 0 Å². The zero-order chi connectivity index (χ0) is 22.2. The molecule has 2 aromatic carbocycles. The highest BCUT2D eigenvalue weighted by atomic mass is 19.4. The fourth-order valence-corrected chi connectivity index (χ4v) is 4.34. The molecule has 0 aliphatic carbocycles. The van der Waals surface area contributed by atoms with Gasteiger partial charge in [-0.25, -0.2) is 4.39 Å². The van der Waals surface area contributed by atoms with E-state index in [4.69, 9.17) is 4.74 Å². The summed E-state index contributed by atoms with van der Waals surface area (Å²) in [7, 11) is 1.38. The van der Waals surface area contributed by atoms with Gasteiger partial charge in [0.25, 0.3) is 0 Å². The molecule has 1 aliphatic rings. The van der Waals surface area contributed by atoms with Gasteiger partial charge in [-0.05, 0) is 47.6 Å². The van der Waals surface area contributed by atoms with E-state index in [9.17, 15) is 22.7 Å². The smallest absolute Gasteiger partial charge is 0.418 e. The summed E-state index contributed by atoms with van der Waals surface area (Å²) in [5.41, 5.74) is -1.77. The van der Waals surface area contributed by atoms with Gasteiger partial charge >= 0.3 is 6.18 Å². The minimum absolute atomic E-state index is 0.289. The van der Waals surface area contributed by atoms with Gasteiger partial charge in [-0.15, -0.1) is 0 Å². The number of hydrogen-bond donors (Lipinski definition) is 1. The van der Waals surface area contributed by atoms with Gasteiger partial charge in [-0.3, -0.25) is 4.90 Å². The maximum atomic E-state index is 14.1. The molecule has 164 valence electrons. The second kappa shape index (κ2) is 8.19. The number of hydrogen-bond acceptors (Lipinski definition) is 3. The van der Waals surface area contributed by atoms with Crippen molar-refractivity contribution >= 4 is 0 Å². The zero-order valence-electron chi connectivity index (χ0n) is 17.4. The van der Waals surface area contributed by atoms with Gasteiger partial charge in [0.15, 0.2) is 5.60 Å².